The van der Waals surface area contributed by atoms with Gasteiger partial charge >= 0.3 is 21.1 Å². The molecule has 0 spiro atoms. The van der Waals surface area contributed by atoms with Gasteiger partial charge in [-0.1, -0.05) is 122 Å². The molecule has 0 radical (unpaired) electrons. The minimum absolute atomic E-state index is 0. The van der Waals surface area contributed by atoms with Crippen molar-refractivity contribution in [2.45, 2.75) is 78.6 Å². The first-order valence-corrected chi connectivity index (χ1v) is 19.2. The minimum Gasteiger partial charge on any atom is -0.573 e. The summed E-state index contributed by atoms with van der Waals surface area (Å²) in [6.45, 7) is 20.3. The number of hydrogen-bond acceptors (Lipinski definition) is 3. The second kappa shape index (κ2) is 13.4. The maximum Gasteiger partial charge on any atom is 2.00 e. The molecule has 0 aliphatic heterocycles. The molecule has 0 N–H and O–H groups in total. The first-order valence-electron chi connectivity index (χ1n) is 19.2. The van der Waals surface area contributed by atoms with Gasteiger partial charge in [-0.25, -0.2) is 9.97 Å². The van der Waals surface area contributed by atoms with Crippen LogP contribution in [0.3, 0.4) is 0 Å². The van der Waals surface area contributed by atoms with Gasteiger partial charge in [0.15, 0.2) is 0 Å². The van der Waals surface area contributed by atoms with Gasteiger partial charge in [-0.15, -0.1) is 17.5 Å². The normalized spacial score (nSPS) is 12.6. The molecular formula is C49H46N6Pt. The Labute approximate surface area is 343 Å². The summed E-state index contributed by atoms with van der Waals surface area (Å²) in [5.41, 5.74) is 12.1. The standard InChI is InChI=1S/C49H46N6.Pt/c1-47(2,3)31-22-23-50-45(27-31)55-43-17-13-10-14-35(43)37-19-18-34(28-44(37)55)54-42-16-12-11-15-36(42)38-20-21-39(51-46(38)54)41-29-40(52-53-41)30-24-32(48(4,5)6)26-33(25-30)49(7,8)9;/h10-27,29H,1-9H3;/q-2;+2. The van der Waals surface area contributed by atoms with E-state index in [1.54, 1.807) is 0 Å². The third-order valence-electron chi connectivity index (χ3n) is 10.9. The van der Waals surface area contributed by atoms with Crippen molar-refractivity contribution in [1.82, 2.24) is 29.3 Å². The molecule has 0 saturated carbocycles. The fraction of sp³-hybridized carbons (Fsp3) is 0.245. The number of pyridine rings is 2. The van der Waals surface area contributed by atoms with E-state index < -0.39 is 0 Å². The molecule has 7 heteroatoms. The summed E-state index contributed by atoms with van der Waals surface area (Å²) in [4.78, 5) is 10.2. The van der Waals surface area contributed by atoms with Crippen LogP contribution in [0.15, 0.2) is 115 Å². The van der Waals surface area contributed by atoms with E-state index in [0.29, 0.717) is 0 Å². The van der Waals surface area contributed by atoms with Crippen molar-refractivity contribution in [2.24, 2.45) is 0 Å². The minimum atomic E-state index is -0.0175. The van der Waals surface area contributed by atoms with Gasteiger partial charge in [0, 0.05) is 28.2 Å². The van der Waals surface area contributed by atoms with Crippen LogP contribution < -0.4 is 5.10 Å². The molecule has 0 amide bonds. The van der Waals surface area contributed by atoms with Gasteiger partial charge in [0.2, 0.25) is 0 Å². The van der Waals surface area contributed by atoms with E-state index in [2.05, 4.69) is 187 Å². The van der Waals surface area contributed by atoms with Crippen LogP contribution in [0.5, 0.6) is 0 Å². The molecule has 0 aliphatic carbocycles. The second-order valence-electron chi connectivity index (χ2n) is 17.9. The SMILES string of the molecule is CC(C)(C)c1cc(-c2cc(-c3ccc4c5ccccc5n(-c5[c-]c6c(cc5)c5ccccc5n6-c5cc(C(C)(C)C)ccn5)c4n3)[n-]n2)cc(C(C)(C)C)c1.[Pt+2]. The molecule has 0 fully saturated rings. The van der Waals surface area contributed by atoms with Crippen LogP contribution in [0.4, 0.5) is 0 Å². The van der Waals surface area contributed by atoms with E-state index in [4.69, 9.17) is 20.2 Å². The van der Waals surface area contributed by atoms with Crippen molar-refractivity contribution in [3.63, 3.8) is 0 Å². The van der Waals surface area contributed by atoms with E-state index in [-0.39, 0.29) is 37.3 Å². The molecule has 5 heterocycles. The van der Waals surface area contributed by atoms with E-state index >= 15 is 0 Å². The van der Waals surface area contributed by atoms with Crippen LogP contribution >= 0.6 is 0 Å². The van der Waals surface area contributed by atoms with E-state index in [1.807, 2.05) is 6.20 Å². The van der Waals surface area contributed by atoms with E-state index in [1.165, 1.54) is 22.1 Å². The second-order valence-corrected chi connectivity index (χ2v) is 17.9. The molecule has 56 heavy (non-hydrogen) atoms. The maximum atomic E-state index is 5.34. The van der Waals surface area contributed by atoms with Gasteiger partial charge in [-0.05, 0) is 98.5 Å². The summed E-state index contributed by atoms with van der Waals surface area (Å²) in [6, 6.07) is 42.8. The molecule has 6 nitrogen and oxygen atoms in total. The summed E-state index contributed by atoms with van der Waals surface area (Å²) in [7, 11) is 0. The van der Waals surface area contributed by atoms with Crippen LogP contribution in [0, 0.1) is 6.07 Å². The van der Waals surface area contributed by atoms with Crippen molar-refractivity contribution >= 4 is 43.7 Å². The molecular weight excluding hydrogens is 868 g/mol. The fourth-order valence-corrected chi connectivity index (χ4v) is 7.69. The van der Waals surface area contributed by atoms with Gasteiger partial charge in [0.1, 0.15) is 11.5 Å². The predicted molar refractivity (Wildman–Crippen MR) is 228 cm³/mol. The van der Waals surface area contributed by atoms with Gasteiger partial charge in [-0.3, -0.25) is 0 Å². The van der Waals surface area contributed by atoms with E-state index in [0.717, 1.165) is 72.5 Å². The molecule has 0 unspecified atom stereocenters. The van der Waals surface area contributed by atoms with Crippen LogP contribution in [0.25, 0.3) is 77.9 Å². The Balaban J connectivity index is 0.00000441. The Hall–Kier alpha value is -5.32. The zero-order valence-corrected chi connectivity index (χ0v) is 35.7. The monoisotopic (exact) mass is 913 g/mol. The number of fused-ring (bicyclic) bond motifs is 6. The Bertz CT molecular complexity index is 2910. The number of benzene rings is 4. The molecule has 5 aromatic heterocycles. The molecule has 0 bridgehead atoms. The average molecular weight is 914 g/mol. The summed E-state index contributed by atoms with van der Waals surface area (Å²) in [5, 5.41) is 13.9. The zero-order valence-electron chi connectivity index (χ0n) is 33.5. The largest absolute Gasteiger partial charge is 2.00 e. The Kier molecular flexibility index (Phi) is 9.01. The summed E-state index contributed by atoms with van der Waals surface area (Å²) in [5.74, 6) is 0.878. The van der Waals surface area contributed by atoms with Gasteiger partial charge < -0.3 is 19.3 Å². The average Bonchev–Trinajstić information content (AvgIpc) is 3.86. The molecule has 282 valence electrons. The Morgan fingerprint density at radius 2 is 1.16 bits per heavy atom. The predicted octanol–water partition coefficient (Wildman–Crippen LogP) is 12.0. The molecule has 4 aromatic carbocycles. The van der Waals surface area contributed by atoms with Crippen LogP contribution in [-0.4, -0.2) is 24.2 Å². The topological polar surface area (TPSA) is 62.6 Å². The first-order chi connectivity index (χ1) is 26.1. The number of aromatic nitrogens is 6. The van der Waals surface area contributed by atoms with Crippen molar-refractivity contribution in [2.75, 3.05) is 0 Å². The van der Waals surface area contributed by atoms with Crippen molar-refractivity contribution in [1.29, 1.82) is 0 Å². The third kappa shape index (κ3) is 6.38. The molecule has 0 saturated heterocycles. The van der Waals surface area contributed by atoms with E-state index in [9.17, 15) is 0 Å². The van der Waals surface area contributed by atoms with Crippen LogP contribution in [0.2, 0.25) is 0 Å². The molecule has 9 aromatic rings. The van der Waals surface area contributed by atoms with Gasteiger partial charge in [0.25, 0.3) is 0 Å². The van der Waals surface area contributed by atoms with Crippen molar-refractivity contribution in [3.05, 3.63) is 138 Å². The molecule has 9 rings (SSSR count). The van der Waals surface area contributed by atoms with Gasteiger partial charge in [0.05, 0.1) is 11.2 Å². The third-order valence-corrected chi connectivity index (χ3v) is 10.9. The quantitative estimate of drug-likeness (QED) is 0.165. The number of rotatable bonds is 4. The maximum absolute atomic E-state index is 5.34. The smallest absolute Gasteiger partial charge is 0.573 e. The van der Waals surface area contributed by atoms with Gasteiger partial charge in [-0.2, -0.15) is 6.07 Å². The van der Waals surface area contributed by atoms with Crippen molar-refractivity contribution in [3.8, 4) is 34.2 Å². The zero-order chi connectivity index (χ0) is 38.4. The Morgan fingerprint density at radius 3 is 1.82 bits per heavy atom. The number of nitrogens with zero attached hydrogens (tertiary/aromatic N) is 6. The molecule has 0 aliphatic rings. The number of hydrogen-bond donors (Lipinski definition) is 0. The Morgan fingerprint density at radius 1 is 0.554 bits per heavy atom. The first kappa shape index (κ1) is 37.6. The summed E-state index contributed by atoms with van der Waals surface area (Å²) >= 11 is 0. The fourth-order valence-electron chi connectivity index (χ4n) is 7.69. The van der Waals surface area contributed by atoms with Crippen LogP contribution in [-0.2, 0) is 37.3 Å². The number of para-hydroxylation sites is 2. The van der Waals surface area contributed by atoms with Crippen LogP contribution in [0.1, 0.15) is 79.0 Å². The summed E-state index contributed by atoms with van der Waals surface area (Å²) < 4.78 is 4.48. The molecule has 0 atom stereocenters. The summed E-state index contributed by atoms with van der Waals surface area (Å²) in [6.07, 6.45) is 1.92. The van der Waals surface area contributed by atoms with Crippen molar-refractivity contribution < 1.29 is 21.1 Å².